The van der Waals surface area contributed by atoms with Crippen molar-refractivity contribution in [2.24, 2.45) is 0 Å². The predicted octanol–water partition coefficient (Wildman–Crippen LogP) is 3.64. The summed E-state index contributed by atoms with van der Waals surface area (Å²) in [5.41, 5.74) is 0.701. The first kappa shape index (κ1) is 15.3. The zero-order valence-corrected chi connectivity index (χ0v) is 13.2. The largest absolute Gasteiger partial charge is 0.378 e. The van der Waals surface area contributed by atoms with Gasteiger partial charge in [0.1, 0.15) is 5.69 Å². The van der Waals surface area contributed by atoms with Crippen LogP contribution in [-0.4, -0.2) is 35.5 Å². The van der Waals surface area contributed by atoms with Gasteiger partial charge in [-0.2, -0.15) is 0 Å². The highest BCUT2D eigenvalue weighted by molar-refractivity contribution is 9.10. The topological polar surface area (TPSA) is 58.4 Å². The summed E-state index contributed by atoms with van der Waals surface area (Å²) in [6, 6.07) is 5.50. The van der Waals surface area contributed by atoms with E-state index < -0.39 is 0 Å². The number of anilines is 1. The number of nitrogens with zero attached hydrogens (tertiary/aromatic N) is 2. The summed E-state index contributed by atoms with van der Waals surface area (Å²) >= 11 is 3.27. The van der Waals surface area contributed by atoms with Gasteiger partial charge in [0.05, 0.1) is 4.92 Å². The second-order valence-electron chi connectivity index (χ2n) is 5.25. The van der Waals surface area contributed by atoms with Gasteiger partial charge in [-0.25, -0.2) is 0 Å². The number of piperidine rings is 1. The fourth-order valence-electron chi connectivity index (χ4n) is 2.55. The molecule has 0 aliphatic carbocycles. The fraction of sp³-hybridized carbons (Fsp3) is 0.571. The van der Waals surface area contributed by atoms with E-state index in [-0.39, 0.29) is 10.6 Å². The zero-order chi connectivity index (χ0) is 14.5. The van der Waals surface area contributed by atoms with Crippen LogP contribution in [0.25, 0.3) is 0 Å². The summed E-state index contributed by atoms with van der Waals surface area (Å²) in [5.74, 6) is 0. The second-order valence-corrected chi connectivity index (χ2v) is 6.16. The Morgan fingerprint density at radius 1 is 1.40 bits per heavy atom. The summed E-state index contributed by atoms with van der Waals surface area (Å²) in [4.78, 5) is 13.2. The normalized spacial score (nSPS) is 17.7. The summed E-state index contributed by atoms with van der Waals surface area (Å²) < 4.78 is 0.721. The molecule has 0 radical (unpaired) electrons. The van der Waals surface area contributed by atoms with Crippen LogP contribution in [0.3, 0.4) is 0 Å². The minimum Gasteiger partial charge on any atom is -0.378 e. The molecule has 0 saturated carbocycles. The van der Waals surface area contributed by atoms with Crippen LogP contribution in [0.15, 0.2) is 22.7 Å². The maximum Gasteiger partial charge on any atom is 0.293 e. The molecule has 0 bridgehead atoms. The highest BCUT2D eigenvalue weighted by Gasteiger charge is 2.18. The first-order valence-corrected chi connectivity index (χ1v) is 7.79. The van der Waals surface area contributed by atoms with Crippen LogP contribution in [0, 0.1) is 10.1 Å². The molecule has 1 saturated heterocycles. The summed E-state index contributed by atoms with van der Waals surface area (Å²) in [7, 11) is 0. The van der Waals surface area contributed by atoms with E-state index in [0.29, 0.717) is 11.7 Å². The number of rotatable bonds is 5. The standard InChI is InChI=1S/C14H20BrN3O2/c1-11(17-7-3-2-4-8-17)10-16-13-6-5-12(15)9-14(13)18(19)20/h5-6,9,11,16H,2-4,7-8,10H2,1H3. The zero-order valence-electron chi connectivity index (χ0n) is 11.6. The lowest BCUT2D eigenvalue weighted by molar-refractivity contribution is -0.384. The monoisotopic (exact) mass is 341 g/mol. The highest BCUT2D eigenvalue weighted by Crippen LogP contribution is 2.28. The van der Waals surface area contributed by atoms with Crippen molar-refractivity contribution in [1.29, 1.82) is 0 Å². The van der Waals surface area contributed by atoms with Gasteiger partial charge in [0.25, 0.3) is 5.69 Å². The second kappa shape index (κ2) is 7.04. The molecule has 1 unspecified atom stereocenters. The Balaban J connectivity index is 1.97. The number of hydrogen-bond acceptors (Lipinski definition) is 4. The minimum absolute atomic E-state index is 0.116. The molecule has 1 aromatic rings. The molecule has 0 amide bonds. The number of hydrogen-bond donors (Lipinski definition) is 1. The summed E-state index contributed by atoms with van der Waals surface area (Å²) in [6.07, 6.45) is 3.82. The molecule has 1 aromatic carbocycles. The lowest BCUT2D eigenvalue weighted by atomic mass is 10.1. The van der Waals surface area contributed by atoms with Gasteiger partial charge < -0.3 is 5.32 Å². The Morgan fingerprint density at radius 3 is 2.75 bits per heavy atom. The Bertz CT molecular complexity index is 475. The van der Waals surface area contributed by atoms with Crippen molar-refractivity contribution in [2.75, 3.05) is 25.0 Å². The van der Waals surface area contributed by atoms with Gasteiger partial charge in [0, 0.05) is 23.1 Å². The van der Waals surface area contributed by atoms with Gasteiger partial charge in [0.15, 0.2) is 0 Å². The third kappa shape index (κ3) is 3.93. The van der Waals surface area contributed by atoms with Gasteiger partial charge in [-0.15, -0.1) is 0 Å². The third-order valence-corrected chi connectivity index (χ3v) is 4.25. The highest BCUT2D eigenvalue weighted by atomic mass is 79.9. The molecular weight excluding hydrogens is 322 g/mol. The van der Waals surface area contributed by atoms with E-state index in [1.165, 1.54) is 25.3 Å². The molecule has 1 heterocycles. The molecular formula is C14H20BrN3O2. The lowest BCUT2D eigenvalue weighted by Gasteiger charge is -2.32. The van der Waals surface area contributed by atoms with E-state index in [9.17, 15) is 10.1 Å². The van der Waals surface area contributed by atoms with E-state index >= 15 is 0 Å². The number of nitrogens with one attached hydrogen (secondary N) is 1. The van der Waals surface area contributed by atoms with Crippen LogP contribution in [0.5, 0.6) is 0 Å². The average molecular weight is 342 g/mol. The van der Waals surface area contributed by atoms with Gasteiger partial charge >= 0.3 is 0 Å². The Hall–Kier alpha value is -1.14. The van der Waals surface area contributed by atoms with Crippen molar-refractivity contribution in [2.45, 2.75) is 32.2 Å². The van der Waals surface area contributed by atoms with Crippen LogP contribution in [-0.2, 0) is 0 Å². The van der Waals surface area contributed by atoms with Gasteiger partial charge in [-0.1, -0.05) is 22.4 Å². The number of benzene rings is 1. The van der Waals surface area contributed by atoms with Crippen molar-refractivity contribution in [3.8, 4) is 0 Å². The third-order valence-electron chi connectivity index (χ3n) is 3.76. The Kier molecular flexibility index (Phi) is 5.37. The molecule has 2 rings (SSSR count). The first-order chi connectivity index (χ1) is 9.58. The van der Waals surface area contributed by atoms with Gasteiger partial charge in [-0.3, -0.25) is 15.0 Å². The van der Waals surface area contributed by atoms with Gasteiger partial charge in [0.2, 0.25) is 0 Å². The van der Waals surface area contributed by atoms with E-state index in [0.717, 1.165) is 24.1 Å². The van der Waals surface area contributed by atoms with Crippen molar-refractivity contribution in [3.05, 3.63) is 32.8 Å². The molecule has 1 aliphatic heterocycles. The van der Waals surface area contributed by atoms with Crippen LogP contribution in [0.2, 0.25) is 0 Å². The van der Waals surface area contributed by atoms with E-state index in [1.54, 1.807) is 6.07 Å². The fourth-order valence-corrected chi connectivity index (χ4v) is 2.90. The molecule has 5 nitrogen and oxygen atoms in total. The molecule has 1 atom stereocenters. The minimum atomic E-state index is -0.349. The Labute approximate surface area is 127 Å². The van der Waals surface area contributed by atoms with Crippen LogP contribution >= 0.6 is 15.9 Å². The SMILES string of the molecule is CC(CNc1ccc(Br)cc1[N+](=O)[O-])N1CCCCC1. The van der Waals surface area contributed by atoms with Crippen molar-refractivity contribution in [3.63, 3.8) is 0 Å². The maximum atomic E-state index is 11.1. The summed E-state index contributed by atoms with van der Waals surface area (Å²) in [6.45, 7) is 5.15. The number of halogens is 1. The van der Waals surface area contributed by atoms with Crippen LogP contribution in [0.4, 0.5) is 11.4 Å². The quantitative estimate of drug-likeness (QED) is 0.656. The van der Waals surface area contributed by atoms with Crippen LogP contribution < -0.4 is 5.32 Å². The molecule has 110 valence electrons. The van der Waals surface area contributed by atoms with Crippen molar-refractivity contribution in [1.82, 2.24) is 4.90 Å². The smallest absolute Gasteiger partial charge is 0.293 e. The molecule has 0 aromatic heterocycles. The lowest BCUT2D eigenvalue weighted by Crippen LogP contribution is -2.41. The molecule has 6 heteroatoms. The van der Waals surface area contributed by atoms with Gasteiger partial charge in [-0.05, 0) is 45.0 Å². The maximum absolute atomic E-state index is 11.1. The Morgan fingerprint density at radius 2 is 2.10 bits per heavy atom. The van der Waals surface area contributed by atoms with Crippen molar-refractivity contribution >= 4 is 27.3 Å². The van der Waals surface area contributed by atoms with Crippen LogP contribution in [0.1, 0.15) is 26.2 Å². The van der Waals surface area contributed by atoms with E-state index in [4.69, 9.17) is 0 Å². The summed E-state index contributed by atoms with van der Waals surface area (Å²) in [5, 5.41) is 14.3. The number of nitro benzene ring substituents is 1. The van der Waals surface area contributed by atoms with E-state index in [1.807, 2.05) is 6.07 Å². The molecule has 1 aliphatic rings. The molecule has 20 heavy (non-hydrogen) atoms. The molecule has 1 fully saturated rings. The first-order valence-electron chi connectivity index (χ1n) is 7.00. The average Bonchev–Trinajstić information content (AvgIpc) is 2.46. The number of nitro groups is 1. The predicted molar refractivity (Wildman–Crippen MR) is 84.2 cm³/mol. The molecule has 1 N–H and O–H groups in total. The number of likely N-dealkylation sites (tertiary alicyclic amines) is 1. The van der Waals surface area contributed by atoms with Crippen molar-refractivity contribution < 1.29 is 4.92 Å². The van der Waals surface area contributed by atoms with E-state index in [2.05, 4.69) is 33.1 Å². The molecule has 0 spiro atoms.